The van der Waals surface area contributed by atoms with E-state index in [4.69, 9.17) is 15.0 Å². The Morgan fingerprint density at radius 1 is 0.571 bits per heavy atom. The molecule has 0 unspecified atom stereocenters. The van der Waals surface area contributed by atoms with Crippen LogP contribution in [-0.4, -0.2) is 19.4 Å². The highest BCUT2D eigenvalue weighted by Gasteiger charge is 2.34. The van der Waals surface area contributed by atoms with E-state index in [1.54, 1.807) is 0 Å². The van der Waals surface area contributed by atoms with E-state index < -0.39 is 0 Å². The fourth-order valence-electron chi connectivity index (χ4n) is 6.57. The Kier molecular flexibility index (Phi) is 3.11. The van der Waals surface area contributed by atoms with Crippen molar-refractivity contribution in [2.75, 3.05) is 0 Å². The minimum Gasteiger partial charge on any atom is -0.274 e. The van der Waals surface area contributed by atoms with Gasteiger partial charge < -0.3 is 0 Å². The predicted octanol–water partition coefficient (Wildman–Crippen LogP) is 6.73. The molecule has 0 atom stereocenters. The Morgan fingerprint density at radius 2 is 1.26 bits per heavy atom. The van der Waals surface area contributed by atoms with Gasteiger partial charge in [0.05, 0.1) is 11.0 Å². The average Bonchev–Trinajstić information content (AvgIpc) is 3.60. The molecule has 0 saturated heterocycles. The normalized spacial score (nSPS) is 13.5. The molecule has 162 valence electrons. The molecule has 4 heteroatoms. The van der Waals surface area contributed by atoms with Crippen molar-refractivity contribution in [1.29, 1.82) is 0 Å². The Hall–Kier alpha value is -4.57. The van der Waals surface area contributed by atoms with Gasteiger partial charge in [0.25, 0.3) is 0 Å². The summed E-state index contributed by atoms with van der Waals surface area (Å²) in [6.07, 6.45) is 5.61. The van der Waals surface area contributed by atoms with Gasteiger partial charge in [0.15, 0.2) is 5.65 Å². The van der Waals surface area contributed by atoms with Gasteiger partial charge in [0.2, 0.25) is 0 Å². The SMILES string of the molecule is c1ccc2c(c1)Cc1c-2c2c(c3nc4c5ncccc5c5cccnc5n4c13)-c1ccccc1C2. The molecule has 4 aromatic heterocycles. The molecule has 0 amide bonds. The average molecular weight is 447 g/mol. The van der Waals surface area contributed by atoms with Crippen molar-refractivity contribution in [3.8, 4) is 22.3 Å². The van der Waals surface area contributed by atoms with Gasteiger partial charge >= 0.3 is 0 Å². The Morgan fingerprint density at radius 3 is 2.09 bits per heavy atom. The highest BCUT2D eigenvalue weighted by atomic mass is 15.1. The number of nitrogens with zero attached hydrogens (tertiary/aromatic N) is 4. The second kappa shape index (κ2) is 6.10. The van der Waals surface area contributed by atoms with Gasteiger partial charge in [-0.25, -0.2) is 9.97 Å². The third kappa shape index (κ3) is 2.07. The molecular formula is C31H18N4. The topological polar surface area (TPSA) is 43.1 Å². The van der Waals surface area contributed by atoms with Gasteiger partial charge in [-0.1, -0.05) is 54.6 Å². The summed E-state index contributed by atoms with van der Waals surface area (Å²) in [7, 11) is 0. The zero-order chi connectivity index (χ0) is 22.7. The fourth-order valence-corrected chi connectivity index (χ4v) is 6.57. The maximum atomic E-state index is 5.36. The molecule has 0 saturated carbocycles. The third-order valence-electron chi connectivity index (χ3n) is 7.92. The van der Waals surface area contributed by atoms with Crippen molar-refractivity contribution in [2.24, 2.45) is 0 Å². The first-order valence-corrected chi connectivity index (χ1v) is 12.1. The lowest BCUT2D eigenvalue weighted by Gasteiger charge is -2.13. The van der Waals surface area contributed by atoms with Crippen molar-refractivity contribution in [3.05, 3.63) is 107 Å². The minimum atomic E-state index is 0.887. The summed E-state index contributed by atoms with van der Waals surface area (Å²) in [5, 5.41) is 2.20. The van der Waals surface area contributed by atoms with E-state index >= 15 is 0 Å². The van der Waals surface area contributed by atoms with Gasteiger partial charge in [0.1, 0.15) is 11.2 Å². The summed E-state index contributed by atoms with van der Waals surface area (Å²) in [4.78, 5) is 15.1. The van der Waals surface area contributed by atoms with Crippen LogP contribution in [0.2, 0.25) is 0 Å². The molecular weight excluding hydrogens is 428 g/mol. The van der Waals surface area contributed by atoms with Crippen molar-refractivity contribution >= 4 is 38.6 Å². The molecule has 0 aliphatic heterocycles. The molecule has 0 fully saturated rings. The van der Waals surface area contributed by atoms with E-state index in [0.717, 1.165) is 45.9 Å². The van der Waals surface area contributed by atoms with Crippen molar-refractivity contribution in [1.82, 2.24) is 19.4 Å². The zero-order valence-electron chi connectivity index (χ0n) is 18.8. The van der Waals surface area contributed by atoms with Gasteiger partial charge in [-0.3, -0.25) is 9.38 Å². The monoisotopic (exact) mass is 446 g/mol. The van der Waals surface area contributed by atoms with E-state index in [9.17, 15) is 0 Å². The number of rotatable bonds is 0. The Labute approximate surface area is 200 Å². The van der Waals surface area contributed by atoms with E-state index in [1.165, 1.54) is 50.0 Å². The molecule has 0 N–H and O–H groups in total. The van der Waals surface area contributed by atoms with Crippen LogP contribution in [0.3, 0.4) is 0 Å². The Bertz CT molecular complexity index is 2070. The first-order valence-electron chi connectivity index (χ1n) is 12.1. The van der Waals surface area contributed by atoms with Gasteiger partial charge in [-0.05, 0) is 63.6 Å². The van der Waals surface area contributed by atoms with Crippen LogP contribution >= 0.6 is 0 Å². The fraction of sp³-hybridized carbons (Fsp3) is 0.0645. The maximum Gasteiger partial charge on any atom is 0.166 e. The highest BCUT2D eigenvalue weighted by Crippen LogP contribution is 2.52. The first kappa shape index (κ1) is 17.8. The molecule has 9 rings (SSSR count). The Balaban J connectivity index is 1.60. The number of fused-ring (bicyclic) bond motifs is 17. The molecule has 7 aromatic rings. The molecule has 0 spiro atoms. The molecule has 4 heterocycles. The summed E-state index contributed by atoms with van der Waals surface area (Å²) >= 11 is 0. The van der Waals surface area contributed by atoms with Crippen LogP contribution in [0.25, 0.3) is 60.9 Å². The van der Waals surface area contributed by atoms with Crippen molar-refractivity contribution in [2.45, 2.75) is 12.8 Å². The van der Waals surface area contributed by atoms with Crippen LogP contribution < -0.4 is 0 Å². The second-order valence-corrected chi connectivity index (χ2v) is 9.62. The summed E-state index contributed by atoms with van der Waals surface area (Å²) < 4.78 is 2.28. The van der Waals surface area contributed by atoms with Crippen LogP contribution in [-0.2, 0) is 12.8 Å². The van der Waals surface area contributed by atoms with Gasteiger partial charge in [-0.15, -0.1) is 0 Å². The quantitative estimate of drug-likeness (QED) is 0.243. The number of aromatic nitrogens is 4. The van der Waals surface area contributed by atoms with E-state index in [0.29, 0.717) is 0 Å². The lowest BCUT2D eigenvalue weighted by atomic mass is 9.93. The van der Waals surface area contributed by atoms with Gasteiger partial charge in [-0.2, -0.15) is 0 Å². The lowest BCUT2D eigenvalue weighted by Crippen LogP contribution is -1.98. The van der Waals surface area contributed by atoms with Crippen LogP contribution in [0.1, 0.15) is 22.3 Å². The predicted molar refractivity (Wildman–Crippen MR) is 140 cm³/mol. The maximum absolute atomic E-state index is 5.36. The number of imidazole rings is 1. The molecule has 0 bridgehead atoms. The molecule has 35 heavy (non-hydrogen) atoms. The molecule has 0 radical (unpaired) electrons. The molecule has 3 aromatic carbocycles. The smallest absolute Gasteiger partial charge is 0.166 e. The minimum absolute atomic E-state index is 0.887. The van der Waals surface area contributed by atoms with Crippen molar-refractivity contribution in [3.63, 3.8) is 0 Å². The number of pyridine rings is 3. The lowest BCUT2D eigenvalue weighted by molar-refractivity contribution is 1.19. The number of hydrogen-bond acceptors (Lipinski definition) is 3. The van der Waals surface area contributed by atoms with E-state index in [1.807, 2.05) is 24.5 Å². The number of benzene rings is 3. The van der Waals surface area contributed by atoms with Crippen LogP contribution in [0.4, 0.5) is 0 Å². The summed E-state index contributed by atoms with van der Waals surface area (Å²) in [6, 6.07) is 26.0. The molecule has 2 aliphatic carbocycles. The first-order chi connectivity index (χ1) is 17.4. The highest BCUT2D eigenvalue weighted by molar-refractivity contribution is 6.15. The third-order valence-corrected chi connectivity index (χ3v) is 7.92. The largest absolute Gasteiger partial charge is 0.274 e. The number of hydrogen-bond donors (Lipinski definition) is 0. The summed E-state index contributed by atoms with van der Waals surface area (Å²) in [6.45, 7) is 0. The van der Waals surface area contributed by atoms with Crippen molar-refractivity contribution < 1.29 is 0 Å². The summed E-state index contributed by atoms with van der Waals surface area (Å²) in [5.41, 5.74) is 15.9. The molecule has 4 nitrogen and oxygen atoms in total. The van der Waals surface area contributed by atoms with Crippen LogP contribution in [0.15, 0.2) is 85.2 Å². The standard InChI is InChI=1S/C31H18N4/c1-3-9-19-18(8-1)16-24-25(19)23-15-17-7-2-4-10-20(17)26(23)28-29(24)35-30-22(12-6-14-33-30)21-11-5-13-32-27(21)31(35)34-28/h1-14H,15-16H2. The molecule has 2 aliphatic rings. The van der Waals surface area contributed by atoms with Crippen LogP contribution in [0, 0.1) is 0 Å². The van der Waals surface area contributed by atoms with E-state index in [-0.39, 0.29) is 0 Å². The summed E-state index contributed by atoms with van der Waals surface area (Å²) in [5.74, 6) is 0. The van der Waals surface area contributed by atoms with Gasteiger partial charge in [0, 0.05) is 35.2 Å². The van der Waals surface area contributed by atoms with Crippen LogP contribution in [0.5, 0.6) is 0 Å². The van der Waals surface area contributed by atoms with E-state index in [2.05, 4.69) is 65.1 Å². The second-order valence-electron chi connectivity index (χ2n) is 9.62. The zero-order valence-corrected chi connectivity index (χ0v) is 18.8.